The topological polar surface area (TPSA) is 35.0 Å². The van der Waals surface area contributed by atoms with Gasteiger partial charge in [-0.05, 0) is 70.3 Å². The zero-order chi connectivity index (χ0) is 13.4. The van der Waals surface area contributed by atoms with E-state index in [0.717, 1.165) is 7.14 Å². The average Bonchev–Trinajstić information content (AvgIpc) is 2.30. The second-order valence-electron chi connectivity index (χ2n) is 3.04. The molecule has 0 radical (unpaired) electrons. The Kier molecular flexibility index (Phi) is 7.84. The van der Waals surface area contributed by atoms with E-state index in [2.05, 4.69) is 55.1 Å². The van der Waals surface area contributed by atoms with Crippen LogP contribution in [-0.2, 0) is 0 Å². The van der Waals surface area contributed by atoms with E-state index in [4.69, 9.17) is 16.3 Å². The molecule has 3 nitrogen and oxygen atoms in total. The Morgan fingerprint density at radius 3 is 2.17 bits per heavy atom. The van der Waals surface area contributed by atoms with E-state index in [1.54, 1.807) is 12.4 Å². The molecule has 2 aromatic rings. The second-order valence-corrected chi connectivity index (χ2v) is 5.92. The van der Waals surface area contributed by atoms with Crippen LogP contribution in [0.3, 0.4) is 0 Å². The first-order valence-electron chi connectivity index (χ1n) is 5.13. The lowest BCUT2D eigenvalue weighted by Crippen LogP contribution is -1.93. The van der Waals surface area contributed by atoms with Gasteiger partial charge < -0.3 is 4.74 Å². The van der Waals surface area contributed by atoms with Crippen molar-refractivity contribution in [3.8, 4) is 5.88 Å². The van der Waals surface area contributed by atoms with E-state index in [1.807, 2.05) is 31.2 Å². The van der Waals surface area contributed by atoms with Gasteiger partial charge in [0.05, 0.1) is 6.61 Å². The van der Waals surface area contributed by atoms with Gasteiger partial charge in [-0.25, -0.2) is 9.97 Å². The highest BCUT2D eigenvalue weighted by Crippen LogP contribution is 2.10. The molecule has 2 heterocycles. The molecule has 0 fully saturated rings. The van der Waals surface area contributed by atoms with Crippen molar-refractivity contribution in [3.05, 3.63) is 49.0 Å². The molecule has 2 aromatic heterocycles. The number of hydrogen-bond acceptors (Lipinski definition) is 3. The van der Waals surface area contributed by atoms with Gasteiger partial charge in [0.1, 0.15) is 5.15 Å². The maximum atomic E-state index is 5.53. The first-order valence-corrected chi connectivity index (χ1v) is 7.66. The number of hydrogen-bond donors (Lipinski definition) is 0. The quantitative estimate of drug-likeness (QED) is 0.464. The summed E-state index contributed by atoms with van der Waals surface area (Å²) >= 11 is 9.94. The van der Waals surface area contributed by atoms with E-state index in [1.165, 1.54) is 0 Å². The molecule has 0 aromatic carbocycles. The number of aromatic nitrogens is 2. The normalized spacial score (nSPS) is 9.33. The summed E-state index contributed by atoms with van der Waals surface area (Å²) in [6, 6.07) is 7.54. The molecule has 0 bridgehead atoms. The van der Waals surface area contributed by atoms with Gasteiger partial charge in [0, 0.05) is 25.6 Å². The van der Waals surface area contributed by atoms with Crippen LogP contribution in [0.5, 0.6) is 5.88 Å². The minimum absolute atomic E-state index is 0.553. The number of pyridine rings is 2. The third-order valence-corrected chi connectivity index (χ3v) is 3.23. The molecule has 6 heteroatoms. The summed E-state index contributed by atoms with van der Waals surface area (Å²) in [6.07, 6.45) is 3.43. The van der Waals surface area contributed by atoms with Crippen LogP contribution in [0.1, 0.15) is 6.92 Å². The molecular weight excluding hydrogens is 477 g/mol. The van der Waals surface area contributed by atoms with Crippen LogP contribution < -0.4 is 4.74 Å². The van der Waals surface area contributed by atoms with Crippen LogP contribution in [0.25, 0.3) is 0 Å². The van der Waals surface area contributed by atoms with E-state index >= 15 is 0 Å². The maximum Gasteiger partial charge on any atom is 0.214 e. The van der Waals surface area contributed by atoms with Gasteiger partial charge in [-0.3, -0.25) is 0 Å². The largest absolute Gasteiger partial charge is 0.478 e. The SMILES string of the molecule is CCOc1cc(I)ccn1.Clc1cc(I)ccn1. The Morgan fingerprint density at radius 2 is 1.72 bits per heavy atom. The molecule has 0 aliphatic heterocycles. The predicted molar refractivity (Wildman–Crippen MR) is 90.1 cm³/mol. The fourth-order valence-electron chi connectivity index (χ4n) is 0.991. The van der Waals surface area contributed by atoms with Crippen molar-refractivity contribution in [2.24, 2.45) is 0 Å². The van der Waals surface area contributed by atoms with Gasteiger partial charge in [-0.15, -0.1) is 0 Å². The fraction of sp³-hybridized carbons (Fsp3) is 0.167. The number of nitrogens with zero attached hydrogens (tertiary/aromatic N) is 2. The predicted octanol–water partition coefficient (Wildman–Crippen LogP) is 4.42. The molecule has 18 heavy (non-hydrogen) atoms. The number of rotatable bonds is 2. The highest BCUT2D eigenvalue weighted by molar-refractivity contribution is 14.1. The lowest BCUT2D eigenvalue weighted by molar-refractivity contribution is 0.326. The van der Waals surface area contributed by atoms with Gasteiger partial charge >= 0.3 is 0 Å². The van der Waals surface area contributed by atoms with Crippen molar-refractivity contribution >= 4 is 56.8 Å². The van der Waals surface area contributed by atoms with Crippen LogP contribution in [-0.4, -0.2) is 16.6 Å². The molecule has 0 saturated heterocycles. The zero-order valence-electron chi connectivity index (χ0n) is 9.61. The molecule has 2 rings (SSSR count). The molecule has 0 saturated carbocycles. The number of halogens is 3. The van der Waals surface area contributed by atoms with E-state index in [0.29, 0.717) is 17.6 Å². The van der Waals surface area contributed by atoms with Crippen molar-refractivity contribution < 1.29 is 4.74 Å². The molecule has 0 atom stereocenters. The zero-order valence-corrected chi connectivity index (χ0v) is 14.7. The summed E-state index contributed by atoms with van der Waals surface area (Å²) in [5, 5.41) is 0.553. The first-order chi connectivity index (χ1) is 8.61. The van der Waals surface area contributed by atoms with Crippen LogP contribution in [0.15, 0.2) is 36.7 Å². The van der Waals surface area contributed by atoms with Gasteiger partial charge in [-0.1, -0.05) is 11.6 Å². The summed E-state index contributed by atoms with van der Waals surface area (Å²) in [7, 11) is 0. The second kappa shape index (κ2) is 8.87. The molecule has 0 aliphatic carbocycles. The molecule has 0 aliphatic rings. The highest BCUT2D eigenvalue weighted by atomic mass is 127. The van der Waals surface area contributed by atoms with Crippen molar-refractivity contribution in [1.29, 1.82) is 0 Å². The van der Waals surface area contributed by atoms with Gasteiger partial charge in [0.15, 0.2) is 0 Å². The summed E-state index contributed by atoms with van der Waals surface area (Å²) in [6.45, 7) is 2.62. The maximum absolute atomic E-state index is 5.53. The van der Waals surface area contributed by atoms with Crippen molar-refractivity contribution in [3.63, 3.8) is 0 Å². The fourth-order valence-corrected chi connectivity index (χ4v) is 2.23. The molecule has 0 amide bonds. The minimum atomic E-state index is 0.553. The Balaban J connectivity index is 0.000000184. The summed E-state index contributed by atoms with van der Waals surface area (Å²) in [5.74, 6) is 0.703. The highest BCUT2D eigenvalue weighted by Gasteiger charge is 1.92. The van der Waals surface area contributed by atoms with Crippen molar-refractivity contribution in [2.75, 3.05) is 6.61 Å². The van der Waals surface area contributed by atoms with Crippen LogP contribution in [0.4, 0.5) is 0 Å². The third-order valence-electron chi connectivity index (χ3n) is 1.68. The van der Waals surface area contributed by atoms with Crippen molar-refractivity contribution in [2.45, 2.75) is 6.92 Å². The molecule has 0 unspecified atom stereocenters. The Bertz CT molecular complexity index is 480. The van der Waals surface area contributed by atoms with Gasteiger partial charge in [0.2, 0.25) is 5.88 Å². The Labute approximate surface area is 139 Å². The van der Waals surface area contributed by atoms with Crippen LogP contribution in [0.2, 0.25) is 5.15 Å². The minimum Gasteiger partial charge on any atom is -0.478 e. The molecule has 96 valence electrons. The third kappa shape index (κ3) is 6.69. The molecule has 0 spiro atoms. The Hall–Kier alpha value is -0.150. The smallest absolute Gasteiger partial charge is 0.214 e. The van der Waals surface area contributed by atoms with Gasteiger partial charge in [0.25, 0.3) is 0 Å². The Morgan fingerprint density at radius 1 is 1.11 bits per heavy atom. The monoisotopic (exact) mass is 488 g/mol. The van der Waals surface area contributed by atoms with E-state index < -0.39 is 0 Å². The van der Waals surface area contributed by atoms with E-state index in [-0.39, 0.29) is 0 Å². The summed E-state index contributed by atoms with van der Waals surface area (Å²) in [5.41, 5.74) is 0. The standard InChI is InChI=1S/C7H8INO.C5H3ClIN/c1-2-10-7-5-6(8)3-4-9-7;6-5-3-4(7)1-2-8-5/h3-5H,2H2,1H3;1-3H. The average molecular weight is 488 g/mol. The van der Waals surface area contributed by atoms with Crippen LogP contribution in [0, 0.1) is 7.14 Å². The summed E-state index contributed by atoms with van der Waals surface area (Å²) < 4.78 is 7.43. The molecule has 0 N–H and O–H groups in total. The van der Waals surface area contributed by atoms with Crippen LogP contribution >= 0.6 is 56.8 Å². The molecular formula is C12H11ClI2N2O. The number of ether oxygens (including phenoxy) is 1. The lowest BCUT2D eigenvalue weighted by atomic mass is 10.5. The summed E-state index contributed by atoms with van der Waals surface area (Å²) in [4.78, 5) is 7.80. The van der Waals surface area contributed by atoms with Crippen molar-refractivity contribution in [1.82, 2.24) is 9.97 Å². The van der Waals surface area contributed by atoms with E-state index in [9.17, 15) is 0 Å². The van der Waals surface area contributed by atoms with Gasteiger partial charge in [-0.2, -0.15) is 0 Å². The first kappa shape index (κ1) is 15.9. The lowest BCUT2D eigenvalue weighted by Gasteiger charge is -1.99.